The Bertz CT molecular complexity index is 428. The molecule has 14 heavy (non-hydrogen) atoms. The van der Waals surface area contributed by atoms with Crippen molar-refractivity contribution in [1.82, 2.24) is 15.0 Å². The van der Waals surface area contributed by atoms with Crippen molar-refractivity contribution in [1.29, 1.82) is 0 Å². The molecule has 4 nitrogen and oxygen atoms in total. The summed E-state index contributed by atoms with van der Waals surface area (Å²) in [5.41, 5.74) is 1.56. The summed E-state index contributed by atoms with van der Waals surface area (Å²) >= 11 is 4.81. The van der Waals surface area contributed by atoms with Crippen LogP contribution < -0.4 is 4.74 Å². The number of hydrogen-bond donors (Lipinski definition) is 0. The Kier molecular flexibility index (Phi) is 2.74. The van der Waals surface area contributed by atoms with Crippen molar-refractivity contribution in [3.8, 4) is 17.3 Å². The van der Waals surface area contributed by atoms with Gasteiger partial charge in [0.05, 0.1) is 19.5 Å². The number of aromatic nitrogens is 3. The molecule has 0 aromatic carbocycles. The van der Waals surface area contributed by atoms with E-state index >= 15 is 0 Å². The van der Waals surface area contributed by atoms with E-state index < -0.39 is 0 Å². The number of halogens is 1. The van der Waals surface area contributed by atoms with Gasteiger partial charge in [-0.1, -0.05) is 0 Å². The summed E-state index contributed by atoms with van der Waals surface area (Å²) in [6, 6.07) is 0. The maximum atomic E-state index is 4.91. The molecular formula is C8H6BrN3OS. The van der Waals surface area contributed by atoms with E-state index in [4.69, 9.17) is 4.74 Å². The Morgan fingerprint density at radius 3 is 2.64 bits per heavy atom. The van der Waals surface area contributed by atoms with Crippen LogP contribution in [-0.4, -0.2) is 22.1 Å². The molecule has 0 N–H and O–H groups in total. The van der Waals surface area contributed by atoms with Crippen LogP contribution in [0.2, 0.25) is 0 Å². The van der Waals surface area contributed by atoms with Crippen LogP contribution in [0, 0.1) is 0 Å². The normalized spacial score (nSPS) is 10.1. The second kappa shape index (κ2) is 4.02. The highest BCUT2D eigenvalue weighted by molar-refractivity contribution is 9.11. The van der Waals surface area contributed by atoms with Gasteiger partial charge in [0.25, 0.3) is 0 Å². The minimum Gasteiger partial charge on any atom is -0.480 e. The van der Waals surface area contributed by atoms with Crippen LogP contribution in [0.5, 0.6) is 5.88 Å². The third kappa shape index (κ3) is 1.91. The van der Waals surface area contributed by atoms with Crippen molar-refractivity contribution in [3.63, 3.8) is 0 Å². The highest BCUT2D eigenvalue weighted by atomic mass is 79.9. The first-order valence-electron chi connectivity index (χ1n) is 3.77. The summed E-state index contributed by atoms with van der Waals surface area (Å²) in [5.74, 6) is 0.503. The molecule has 0 fully saturated rings. The zero-order valence-electron chi connectivity index (χ0n) is 7.27. The Balaban J connectivity index is 2.33. The molecule has 72 valence electrons. The van der Waals surface area contributed by atoms with Crippen molar-refractivity contribution < 1.29 is 4.74 Å². The molecule has 0 aliphatic heterocycles. The molecule has 6 heteroatoms. The molecule has 0 amide bonds. The Morgan fingerprint density at radius 2 is 2.14 bits per heavy atom. The van der Waals surface area contributed by atoms with Gasteiger partial charge in [-0.05, 0) is 15.9 Å². The Hall–Kier alpha value is -1.01. The Labute approximate surface area is 93.1 Å². The number of hydrogen-bond acceptors (Lipinski definition) is 5. The van der Waals surface area contributed by atoms with E-state index in [-0.39, 0.29) is 0 Å². The molecule has 0 atom stereocenters. The van der Waals surface area contributed by atoms with Crippen LogP contribution in [0.25, 0.3) is 11.4 Å². The lowest BCUT2D eigenvalue weighted by molar-refractivity contribution is 0.396. The number of thiazole rings is 1. The van der Waals surface area contributed by atoms with Gasteiger partial charge < -0.3 is 4.74 Å². The molecule has 0 aliphatic rings. The molecule has 2 rings (SSSR count). The monoisotopic (exact) mass is 271 g/mol. The van der Waals surface area contributed by atoms with E-state index in [1.807, 2.05) is 5.38 Å². The minimum atomic E-state index is 0.503. The largest absolute Gasteiger partial charge is 0.480 e. The zero-order valence-corrected chi connectivity index (χ0v) is 9.67. The van der Waals surface area contributed by atoms with E-state index in [1.54, 1.807) is 19.5 Å². The van der Waals surface area contributed by atoms with Crippen molar-refractivity contribution in [3.05, 3.63) is 21.7 Å². The molecule has 0 saturated carbocycles. The van der Waals surface area contributed by atoms with Crippen LogP contribution in [0.3, 0.4) is 0 Å². The van der Waals surface area contributed by atoms with Gasteiger partial charge in [-0.2, -0.15) is 0 Å². The standard InChI is InChI=1S/C8H6BrN3OS/c1-13-7-3-10-5(2-11-7)6-4-14-8(9)12-6/h2-4H,1H3. The van der Waals surface area contributed by atoms with Gasteiger partial charge in [0.15, 0.2) is 3.92 Å². The van der Waals surface area contributed by atoms with E-state index in [9.17, 15) is 0 Å². The quantitative estimate of drug-likeness (QED) is 0.842. The van der Waals surface area contributed by atoms with Crippen molar-refractivity contribution in [2.24, 2.45) is 0 Å². The molecule has 0 radical (unpaired) electrons. The molecule has 0 bridgehead atoms. The van der Waals surface area contributed by atoms with Gasteiger partial charge in [-0.25, -0.2) is 15.0 Å². The third-order valence-electron chi connectivity index (χ3n) is 1.58. The third-order valence-corrected chi connectivity index (χ3v) is 2.94. The molecule has 2 aromatic rings. The molecule has 2 aromatic heterocycles. The predicted octanol–water partition coefficient (Wildman–Crippen LogP) is 2.37. The highest BCUT2D eigenvalue weighted by Crippen LogP contribution is 2.23. The van der Waals surface area contributed by atoms with E-state index in [0.717, 1.165) is 15.3 Å². The minimum absolute atomic E-state index is 0.503. The fourth-order valence-corrected chi connectivity index (χ4v) is 1.93. The summed E-state index contributed by atoms with van der Waals surface area (Å²) in [5, 5.41) is 1.92. The Morgan fingerprint density at radius 1 is 1.29 bits per heavy atom. The number of rotatable bonds is 2. The van der Waals surface area contributed by atoms with E-state index in [1.165, 1.54) is 11.3 Å². The SMILES string of the molecule is COc1cnc(-c2csc(Br)n2)cn1. The first kappa shape index (κ1) is 9.54. The molecule has 0 unspecified atom stereocenters. The zero-order chi connectivity index (χ0) is 9.97. The lowest BCUT2D eigenvalue weighted by atomic mass is 10.4. The molecule has 0 spiro atoms. The van der Waals surface area contributed by atoms with Gasteiger partial charge in [-0.3, -0.25) is 0 Å². The van der Waals surface area contributed by atoms with Gasteiger partial charge in [-0.15, -0.1) is 11.3 Å². The fraction of sp³-hybridized carbons (Fsp3) is 0.125. The van der Waals surface area contributed by atoms with E-state index in [0.29, 0.717) is 5.88 Å². The number of methoxy groups -OCH3 is 1. The summed E-state index contributed by atoms with van der Waals surface area (Å²) < 4.78 is 5.75. The summed E-state index contributed by atoms with van der Waals surface area (Å²) in [4.78, 5) is 12.4. The first-order chi connectivity index (χ1) is 6.79. The van der Waals surface area contributed by atoms with Gasteiger partial charge in [0.1, 0.15) is 11.4 Å². The summed E-state index contributed by atoms with van der Waals surface area (Å²) in [7, 11) is 1.56. The van der Waals surface area contributed by atoms with Crippen molar-refractivity contribution in [2.75, 3.05) is 7.11 Å². The van der Waals surface area contributed by atoms with Crippen LogP contribution >= 0.6 is 27.3 Å². The van der Waals surface area contributed by atoms with Gasteiger partial charge >= 0.3 is 0 Å². The molecular weight excluding hydrogens is 266 g/mol. The lowest BCUT2D eigenvalue weighted by Crippen LogP contribution is -1.90. The lowest BCUT2D eigenvalue weighted by Gasteiger charge is -1.97. The van der Waals surface area contributed by atoms with Gasteiger partial charge in [0.2, 0.25) is 5.88 Å². The molecule has 0 aliphatic carbocycles. The van der Waals surface area contributed by atoms with Crippen LogP contribution in [-0.2, 0) is 0 Å². The number of ether oxygens (including phenoxy) is 1. The van der Waals surface area contributed by atoms with Crippen LogP contribution in [0.4, 0.5) is 0 Å². The van der Waals surface area contributed by atoms with E-state index in [2.05, 4.69) is 30.9 Å². The maximum Gasteiger partial charge on any atom is 0.232 e. The van der Waals surface area contributed by atoms with Crippen molar-refractivity contribution >= 4 is 27.3 Å². The predicted molar refractivity (Wildman–Crippen MR) is 57.4 cm³/mol. The van der Waals surface area contributed by atoms with Gasteiger partial charge in [0, 0.05) is 5.38 Å². The average Bonchev–Trinajstić information content (AvgIpc) is 2.65. The molecule has 2 heterocycles. The summed E-state index contributed by atoms with van der Waals surface area (Å²) in [6.45, 7) is 0. The average molecular weight is 272 g/mol. The number of nitrogens with zero attached hydrogens (tertiary/aromatic N) is 3. The topological polar surface area (TPSA) is 47.9 Å². The van der Waals surface area contributed by atoms with Crippen molar-refractivity contribution in [2.45, 2.75) is 0 Å². The summed E-state index contributed by atoms with van der Waals surface area (Å²) in [6.07, 6.45) is 3.21. The second-order valence-corrected chi connectivity index (χ2v) is 4.56. The van der Waals surface area contributed by atoms with Crippen LogP contribution in [0.1, 0.15) is 0 Å². The highest BCUT2D eigenvalue weighted by Gasteiger charge is 2.04. The smallest absolute Gasteiger partial charge is 0.232 e. The molecule has 0 saturated heterocycles. The maximum absolute atomic E-state index is 4.91. The fourth-order valence-electron chi connectivity index (χ4n) is 0.923. The van der Waals surface area contributed by atoms with Crippen LogP contribution in [0.15, 0.2) is 21.7 Å². The second-order valence-electron chi connectivity index (χ2n) is 2.43. The first-order valence-corrected chi connectivity index (χ1v) is 5.44.